The molecule has 1 atom stereocenters. The van der Waals surface area contributed by atoms with Crippen LogP contribution in [0.3, 0.4) is 0 Å². The molecular weight excluding hydrogens is 230 g/mol. The van der Waals surface area contributed by atoms with Crippen LogP contribution in [0.1, 0.15) is 18.5 Å². The summed E-state index contributed by atoms with van der Waals surface area (Å²) in [6, 6.07) is 5.69. The summed E-state index contributed by atoms with van der Waals surface area (Å²) in [5, 5.41) is 0.630. The fourth-order valence-electron chi connectivity index (χ4n) is 1.15. The van der Waals surface area contributed by atoms with Crippen LogP contribution in [0.15, 0.2) is 18.2 Å². The van der Waals surface area contributed by atoms with E-state index in [0.717, 1.165) is 17.1 Å². The fourth-order valence-corrected chi connectivity index (χ4v) is 1.65. The van der Waals surface area contributed by atoms with E-state index in [-0.39, 0.29) is 6.04 Å². The van der Waals surface area contributed by atoms with Gasteiger partial charge in [-0.25, -0.2) is 0 Å². The van der Waals surface area contributed by atoms with Gasteiger partial charge in [0.2, 0.25) is 0 Å². The first-order chi connectivity index (χ1) is 7.15. The largest absolute Gasteiger partial charge is 0.491 e. The van der Waals surface area contributed by atoms with Crippen LogP contribution in [0.2, 0.25) is 5.02 Å². The molecule has 0 unspecified atom stereocenters. The maximum atomic E-state index is 6.07. The minimum atomic E-state index is 0.00254. The Balaban J connectivity index is 2.66. The lowest BCUT2D eigenvalue weighted by atomic mass is 10.1. The van der Waals surface area contributed by atoms with Crippen LogP contribution in [0.25, 0.3) is 0 Å². The molecule has 1 aromatic carbocycles. The molecule has 0 saturated carbocycles. The molecule has 0 saturated heterocycles. The maximum absolute atomic E-state index is 6.07. The molecule has 0 aromatic heterocycles. The average molecular weight is 246 g/mol. The zero-order valence-corrected chi connectivity index (χ0v) is 10.6. The fraction of sp³-hybridized carbons (Fsp3) is 0.455. The van der Waals surface area contributed by atoms with Crippen LogP contribution in [0.5, 0.6) is 5.75 Å². The predicted octanol–water partition coefficient (Wildman–Crippen LogP) is 3.10. The molecule has 2 N–H and O–H groups in total. The van der Waals surface area contributed by atoms with Crippen LogP contribution >= 0.6 is 23.4 Å². The van der Waals surface area contributed by atoms with Crippen molar-refractivity contribution in [3.63, 3.8) is 0 Å². The summed E-state index contributed by atoms with van der Waals surface area (Å²) in [4.78, 5) is 0. The molecular formula is C11H16ClNOS. The van der Waals surface area contributed by atoms with Crippen LogP contribution in [0, 0.1) is 0 Å². The smallest absolute Gasteiger partial charge is 0.137 e. The van der Waals surface area contributed by atoms with Crippen molar-refractivity contribution in [3.05, 3.63) is 28.8 Å². The van der Waals surface area contributed by atoms with E-state index >= 15 is 0 Å². The summed E-state index contributed by atoms with van der Waals surface area (Å²) < 4.78 is 5.52. The number of hydrogen-bond acceptors (Lipinski definition) is 3. The van der Waals surface area contributed by atoms with Crippen molar-refractivity contribution in [3.8, 4) is 5.75 Å². The van der Waals surface area contributed by atoms with E-state index in [9.17, 15) is 0 Å². The Hall–Kier alpha value is -0.380. The Kier molecular flexibility index (Phi) is 5.29. The first-order valence-electron chi connectivity index (χ1n) is 4.82. The van der Waals surface area contributed by atoms with Gasteiger partial charge in [0.25, 0.3) is 0 Å². The predicted molar refractivity (Wildman–Crippen MR) is 67.9 cm³/mol. The number of nitrogens with two attached hydrogens (primary N) is 1. The molecule has 2 nitrogen and oxygen atoms in total. The van der Waals surface area contributed by atoms with Gasteiger partial charge >= 0.3 is 0 Å². The van der Waals surface area contributed by atoms with Gasteiger partial charge in [-0.3, -0.25) is 0 Å². The van der Waals surface area contributed by atoms with Crippen molar-refractivity contribution in [2.75, 3.05) is 18.6 Å². The van der Waals surface area contributed by atoms with Gasteiger partial charge in [0, 0.05) is 11.8 Å². The maximum Gasteiger partial charge on any atom is 0.137 e. The van der Waals surface area contributed by atoms with Gasteiger partial charge in [0.15, 0.2) is 0 Å². The molecule has 0 radical (unpaired) electrons. The summed E-state index contributed by atoms with van der Waals surface area (Å²) in [5.41, 5.74) is 6.78. The molecule has 0 aliphatic carbocycles. The van der Waals surface area contributed by atoms with Gasteiger partial charge < -0.3 is 10.5 Å². The van der Waals surface area contributed by atoms with Gasteiger partial charge in [-0.2, -0.15) is 11.8 Å². The van der Waals surface area contributed by atoms with Crippen molar-refractivity contribution in [2.45, 2.75) is 13.0 Å². The van der Waals surface area contributed by atoms with Gasteiger partial charge in [0.1, 0.15) is 5.75 Å². The van der Waals surface area contributed by atoms with Crippen LogP contribution in [-0.4, -0.2) is 18.6 Å². The van der Waals surface area contributed by atoms with Crippen LogP contribution in [-0.2, 0) is 0 Å². The number of benzene rings is 1. The highest BCUT2D eigenvalue weighted by Crippen LogP contribution is 2.27. The van der Waals surface area contributed by atoms with E-state index in [0.29, 0.717) is 11.6 Å². The second-order valence-corrected chi connectivity index (χ2v) is 4.71. The molecule has 0 spiro atoms. The molecule has 0 bridgehead atoms. The second kappa shape index (κ2) is 6.26. The Bertz CT molecular complexity index is 317. The topological polar surface area (TPSA) is 35.2 Å². The number of rotatable bonds is 5. The zero-order chi connectivity index (χ0) is 11.3. The number of ether oxygens (including phenoxy) is 1. The van der Waals surface area contributed by atoms with Gasteiger partial charge in [0.05, 0.1) is 11.6 Å². The summed E-state index contributed by atoms with van der Waals surface area (Å²) in [5.74, 6) is 1.70. The van der Waals surface area contributed by atoms with E-state index in [4.69, 9.17) is 22.1 Å². The third-order valence-electron chi connectivity index (χ3n) is 2.03. The van der Waals surface area contributed by atoms with E-state index in [1.54, 1.807) is 11.8 Å². The molecule has 1 rings (SSSR count). The Morgan fingerprint density at radius 1 is 1.53 bits per heavy atom. The highest BCUT2D eigenvalue weighted by molar-refractivity contribution is 7.98. The van der Waals surface area contributed by atoms with Crippen molar-refractivity contribution >= 4 is 23.4 Å². The quantitative estimate of drug-likeness (QED) is 0.810. The summed E-state index contributed by atoms with van der Waals surface area (Å²) >= 11 is 7.81. The zero-order valence-electron chi connectivity index (χ0n) is 9.00. The van der Waals surface area contributed by atoms with Crippen LogP contribution < -0.4 is 10.5 Å². The average Bonchev–Trinajstić information content (AvgIpc) is 2.20. The van der Waals surface area contributed by atoms with Crippen LogP contribution in [0.4, 0.5) is 0 Å². The molecule has 0 fully saturated rings. The SMILES string of the molecule is CSCCOc1ccc([C@H](C)N)cc1Cl. The lowest BCUT2D eigenvalue weighted by Gasteiger charge is -2.10. The highest BCUT2D eigenvalue weighted by Gasteiger charge is 2.05. The number of halogens is 1. The summed E-state index contributed by atoms with van der Waals surface area (Å²) in [6.45, 7) is 2.61. The standard InChI is InChI=1S/C11H16ClNOS/c1-8(13)9-3-4-11(10(12)7-9)14-5-6-15-2/h3-4,7-8H,5-6,13H2,1-2H3/t8-/m0/s1. The molecule has 84 valence electrons. The van der Waals surface area contributed by atoms with E-state index < -0.39 is 0 Å². The first-order valence-corrected chi connectivity index (χ1v) is 6.59. The van der Waals surface area contributed by atoms with Crippen molar-refractivity contribution in [1.29, 1.82) is 0 Å². The number of hydrogen-bond donors (Lipinski definition) is 1. The molecule has 15 heavy (non-hydrogen) atoms. The summed E-state index contributed by atoms with van der Waals surface area (Å²) in [6.07, 6.45) is 2.05. The molecule has 4 heteroatoms. The lowest BCUT2D eigenvalue weighted by molar-refractivity contribution is 0.344. The van der Waals surface area contributed by atoms with Gasteiger partial charge in [-0.05, 0) is 30.9 Å². The Morgan fingerprint density at radius 2 is 2.27 bits per heavy atom. The van der Waals surface area contributed by atoms with Gasteiger partial charge in [-0.1, -0.05) is 17.7 Å². The van der Waals surface area contributed by atoms with E-state index in [1.807, 2.05) is 31.4 Å². The van der Waals surface area contributed by atoms with Gasteiger partial charge in [-0.15, -0.1) is 0 Å². The molecule has 0 amide bonds. The minimum Gasteiger partial charge on any atom is -0.491 e. The normalized spacial score (nSPS) is 12.5. The Labute approximate surface area is 100 Å². The monoisotopic (exact) mass is 245 g/mol. The van der Waals surface area contributed by atoms with Crippen molar-refractivity contribution < 1.29 is 4.74 Å². The molecule has 0 heterocycles. The Morgan fingerprint density at radius 3 is 2.80 bits per heavy atom. The first kappa shape index (κ1) is 12.7. The summed E-state index contributed by atoms with van der Waals surface area (Å²) in [7, 11) is 0. The molecule has 1 aromatic rings. The highest BCUT2D eigenvalue weighted by atomic mass is 35.5. The third kappa shape index (κ3) is 3.93. The molecule has 0 aliphatic rings. The lowest BCUT2D eigenvalue weighted by Crippen LogP contribution is -2.05. The van der Waals surface area contributed by atoms with Crippen molar-refractivity contribution in [1.82, 2.24) is 0 Å². The van der Waals surface area contributed by atoms with Crippen molar-refractivity contribution in [2.24, 2.45) is 5.73 Å². The molecule has 0 aliphatic heterocycles. The minimum absolute atomic E-state index is 0.00254. The second-order valence-electron chi connectivity index (χ2n) is 3.32. The van der Waals surface area contributed by atoms with E-state index in [2.05, 4.69) is 0 Å². The number of thioether (sulfide) groups is 1. The third-order valence-corrected chi connectivity index (χ3v) is 2.90. The van der Waals surface area contributed by atoms with E-state index in [1.165, 1.54) is 0 Å².